The molecule has 5 rings (SSSR count). The Morgan fingerprint density at radius 2 is 2.03 bits per heavy atom. The number of aromatic nitrogens is 2. The molecule has 6 nitrogen and oxygen atoms in total. The van der Waals surface area contributed by atoms with Crippen molar-refractivity contribution in [3.8, 4) is 10.6 Å². The third-order valence-corrected chi connectivity index (χ3v) is 7.11. The number of benzene rings is 1. The predicted molar refractivity (Wildman–Crippen MR) is 118 cm³/mol. The molecule has 2 aromatic heterocycles. The van der Waals surface area contributed by atoms with E-state index in [0.717, 1.165) is 33.1 Å². The molecule has 1 fully saturated rings. The van der Waals surface area contributed by atoms with Crippen molar-refractivity contribution in [2.24, 2.45) is 0 Å². The molecule has 3 aromatic rings. The summed E-state index contributed by atoms with van der Waals surface area (Å²) in [6.07, 6.45) is 1.78. The Morgan fingerprint density at radius 1 is 1.25 bits per heavy atom. The number of aryl methyl sites for hydroxylation is 1. The van der Waals surface area contributed by atoms with Gasteiger partial charge in [-0.1, -0.05) is 6.07 Å². The van der Waals surface area contributed by atoms with Crippen LogP contribution >= 0.6 is 11.3 Å². The highest BCUT2D eigenvalue weighted by Gasteiger charge is 2.56. The summed E-state index contributed by atoms with van der Waals surface area (Å²) < 4.78 is 32.6. The number of carbonyl (C=O) groups excluding carboxylic acids is 1. The fourth-order valence-electron chi connectivity index (χ4n) is 4.12. The molecule has 0 saturated carbocycles. The van der Waals surface area contributed by atoms with Crippen LogP contribution in [-0.2, 0) is 16.8 Å². The zero-order valence-corrected chi connectivity index (χ0v) is 18.7. The summed E-state index contributed by atoms with van der Waals surface area (Å²) in [5.74, 6) is -1.42. The van der Waals surface area contributed by atoms with E-state index in [0.29, 0.717) is 30.3 Å². The van der Waals surface area contributed by atoms with Crippen LogP contribution in [-0.4, -0.2) is 40.0 Å². The van der Waals surface area contributed by atoms with Gasteiger partial charge in [0.05, 0.1) is 29.3 Å². The van der Waals surface area contributed by atoms with Gasteiger partial charge in [0.25, 0.3) is 5.91 Å². The average Bonchev–Trinajstić information content (AvgIpc) is 3.23. The van der Waals surface area contributed by atoms with Gasteiger partial charge in [-0.15, -0.1) is 11.3 Å². The molecule has 1 N–H and O–H groups in total. The van der Waals surface area contributed by atoms with E-state index in [2.05, 4.69) is 15.3 Å². The number of ether oxygens (including phenoxy) is 1. The lowest BCUT2D eigenvalue weighted by molar-refractivity contribution is -0.126. The summed E-state index contributed by atoms with van der Waals surface area (Å²) in [7, 11) is 0. The van der Waals surface area contributed by atoms with Crippen LogP contribution in [0.4, 0.5) is 14.7 Å². The first-order valence-electron chi connectivity index (χ1n) is 10.4. The second kappa shape index (κ2) is 7.60. The molecule has 0 aliphatic carbocycles. The van der Waals surface area contributed by atoms with Crippen molar-refractivity contribution in [1.82, 2.24) is 14.9 Å². The van der Waals surface area contributed by atoms with Crippen molar-refractivity contribution in [1.29, 1.82) is 0 Å². The highest BCUT2D eigenvalue weighted by molar-refractivity contribution is 7.16. The molecule has 32 heavy (non-hydrogen) atoms. The molecule has 0 unspecified atom stereocenters. The van der Waals surface area contributed by atoms with Crippen LogP contribution in [0.3, 0.4) is 0 Å². The molecule has 1 spiro atoms. The molecule has 0 atom stereocenters. The maximum absolute atomic E-state index is 13.7. The molecule has 1 saturated heterocycles. The van der Waals surface area contributed by atoms with Gasteiger partial charge in [-0.3, -0.25) is 4.79 Å². The number of fused-ring (bicyclic) bond motifs is 2. The number of hydrogen-bond donors (Lipinski definition) is 1. The number of nitrogens with zero attached hydrogens (tertiary/aromatic N) is 3. The fraction of sp³-hybridized carbons (Fsp3) is 0.348. The van der Waals surface area contributed by atoms with E-state index in [1.165, 1.54) is 17.4 Å². The first kappa shape index (κ1) is 21.0. The molecular weight excluding hydrogens is 434 g/mol. The van der Waals surface area contributed by atoms with E-state index >= 15 is 0 Å². The highest BCUT2D eigenvalue weighted by Crippen LogP contribution is 2.50. The maximum Gasteiger partial charge on any atom is 0.256 e. The smallest absolute Gasteiger partial charge is 0.256 e. The summed E-state index contributed by atoms with van der Waals surface area (Å²) in [6, 6.07) is 5.80. The van der Waals surface area contributed by atoms with Gasteiger partial charge in [-0.25, -0.2) is 18.7 Å². The molecule has 2 aliphatic heterocycles. The average molecular weight is 457 g/mol. The van der Waals surface area contributed by atoms with Crippen LogP contribution in [0, 0.1) is 18.6 Å². The molecule has 9 heteroatoms. The lowest BCUT2D eigenvalue weighted by Gasteiger charge is -2.45. The highest BCUT2D eigenvalue weighted by atomic mass is 32.1. The van der Waals surface area contributed by atoms with Gasteiger partial charge in [0, 0.05) is 23.7 Å². The Hall–Kier alpha value is -2.91. The van der Waals surface area contributed by atoms with E-state index in [4.69, 9.17) is 4.74 Å². The number of thiophene rings is 1. The van der Waals surface area contributed by atoms with Crippen molar-refractivity contribution in [2.45, 2.75) is 38.9 Å². The number of halogens is 2. The minimum atomic E-state index is -0.921. The summed E-state index contributed by atoms with van der Waals surface area (Å²) in [4.78, 5) is 25.9. The Bertz CT molecular complexity index is 1220. The first-order chi connectivity index (χ1) is 15.3. The van der Waals surface area contributed by atoms with Crippen molar-refractivity contribution >= 4 is 23.2 Å². The number of carbonyl (C=O) groups is 1. The van der Waals surface area contributed by atoms with Crippen molar-refractivity contribution in [2.75, 3.05) is 18.5 Å². The largest absolute Gasteiger partial charge is 0.376 e. The fourth-order valence-corrected chi connectivity index (χ4v) is 5.49. The van der Waals surface area contributed by atoms with Gasteiger partial charge in [-0.2, -0.15) is 0 Å². The number of amides is 1. The summed E-state index contributed by atoms with van der Waals surface area (Å²) in [6.45, 7) is 6.91. The lowest BCUT2D eigenvalue weighted by Crippen LogP contribution is -2.56. The second-order valence-corrected chi connectivity index (χ2v) is 9.59. The molecule has 0 radical (unpaired) electrons. The van der Waals surface area contributed by atoms with Gasteiger partial charge in [0.15, 0.2) is 11.6 Å². The van der Waals surface area contributed by atoms with Crippen molar-refractivity contribution in [3.05, 3.63) is 63.7 Å². The normalized spacial score (nSPS) is 16.6. The minimum Gasteiger partial charge on any atom is -0.376 e. The van der Waals surface area contributed by atoms with E-state index in [1.807, 2.05) is 26.8 Å². The Labute approximate surface area is 188 Å². The number of anilines is 1. The summed E-state index contributed by atoms with van der Waals surface area (Å²) >= 11 is 1.53. The lowest BCUT2D eigenvalue weighted by atomic mass is 9.94. The van der Waals surface area contributed by atoms with Crippen LogP contribution in [0.5, 0.6) is 0 Å². The van der Waals surface area contributed by atoms with Crippen LogP contribution in [0.2, 0.25) is 0 Å². The third kappa shape index (κ3) is 3.27. The zero-order chi connectivity index (χ0) is 22.6. The monoisotopic (exact) mass is 456 g/mol. The summed E-state index contributed by atoms with van der Waals surface area (Å²) in [5, 5.41) is 3.21. The van der Waals surface area contributed by atoms with Crippen molar-refractivity contribution < 1.29 is 18.3 Å². The zero-order valence-electron chi connectivity index (χ0n) is 17.9. The van der Waals surface area contributed by atoms with E-state index in [9.17, 15) is 13.6 Å². The van der Waals surface area contributed by atoms with Crippen LogP contribution in [0.1, 0.15) is 40.2 Å². The minimum absolute atomic E-state index is 0.136. The molecule has 4 heterocycles. The molecule has 1 aromatic carbocycles. The van der Waals surface area contributed by atoms with Crippen LogP contribution in [0.25, 0.3) is 10.6 Å². The standard InChI is InChI=1S/C23H22F2N4O2S/c1-12(2)27-22-26-8-13(3)19(28-22)18-7-15-20(32-18)23(10-31-11-23)29(21(15)30)9-14-4-5-16(24)17(25)6-14/h4-8,12H,9-11H2,1-3H3,(H,26,27,28). The first-order valence-corrected chi connectivity index (χ1v) is 11.2. The van der Waals surface area contributed by atoms with Gasteiger partial charge >= 0.3 is 0 Å². The second-order valence-electron chi connectivity index (χ2n) is 8.54. The molecule has 166 valence electrons. The summed E-state index contributed by atoms with van der Waals surface area (Å²) in [5.41, 5.74) is 2.28. The van der Waals surface area contributed by atoms with Gasteiger partial charge in [-0.05, 0) is 50.1 Å². The van der Waals surface area contributed by atoms with Gasteiger partial charge in [0.2, 0.25) is 5.95 Å². The molecule has 0 bridgehead atoms. The predicted octanol–water partition coefficient (Wildman–Crippen LogP) is 4.49. The van der Waals surface area contributed by atoms with Crippen LogP contribution in [0.15, 0.2) is 30.5 Å². The number of nitrogens with one attached hydrogen (secondary N) is 1. The molecule has 2 aliphatic rings. The van der Waals surface area contributed by atoms with Gasteiger partial charge in [0.1, 0.15) is 5.54 Å². The Kier molecular flexibility index (Phi) is 4.98. The van der Waals surface area contributed by atoms with Gasteiger partial charge < -0.3 is 15.0 Å². The van der Waals surface area contributed by atoms with E-state index < -0.39 is 17.2 Å². The van der Waals surface area contributed by atoms with Crippen LogP contribution < -0.4 is 5.32 Å². The Morgan fingerprint density at radius 3 is 2.69 bits per heavy atom. The topological polar surface area (TPSA) is 67.4 Å². The Balaban J connectivity index is 1.50. The van der Waals surface area contributed by atoms with E-state index in [-0.39, 0.29) is 18.5 Å². The third-order valence-electron chi connectivity index (χ3n) is 5.78. The number of rotatable bonds is 5. The maximum atomic E-state index is 13.7. The number of hydrogen-bond acceptors (Lipinski definition) is 6. The quantitative estimate of drug-likeness (QED) is 0.613. The SMILES string of the molecule is Cc1cnc(NC(C)C)nc1-c1cc2c(s1)C1(COC1)N(Cc1ccc(F)c(F)c1)C2=O. The molecule has 1 amide bonds. The molecular formula is C23H22F2N4O2S. The van der Waals surface area contributed by atoms with E-state index in [1.54, 1.807) is 11.1 Å². The van der Waals surface area contributed by atoms with Crippen molar-refractivity contribution in [3.63, 3.8) is 0 Å².